The first-order valence-electron chi connectivity index (χ1n) is 10.6. The molecule has 1 heterocycles. The molecule has 1 amide bonds. The first-order valence-corrected chi connectivity index (χ1v) is 12.1. The standard InChI is InChI=1S/C25H24N2O4S/c1-26-32(29,30)23-9-6-17(7-10-23)18-3-2-4-22(14-18)27-24(28)25(11-12-25)21-8-5-19-15-31-16-20(19)13-21/h2-10,13-14,26H,11-12,15-16H2,1H3,(H,27,28). The van der Waals surface area contributed by atoms with Crippen LogP contribution in [0.5, 0.6) is 0 Å². The monoisotopic (exact) mass is 448 g/mol. The molecule has 6 nitrogen and oxygen atoms in total. The molecule has 2 aliphatic rings. The third-order valence-corrected chi connectivity index (χ3v) is 7.78. The third-order valence-electron chi connectivity index (χ3n) is 6.35. The summed E-state index contributed by atoms with van der Waals surface area (Å²) in [6, 6.07) is 20.5. The van der Waals surface area contributed by atoms with Crippen LogP contribution >= 0.6 is 0 Å². The Balaban J connectivity index is 1.36. The van der Waals surface area contributed by atoms with Gasteiger partial charge in [0, 0.05) is 5.69 Å². The van der Waals surface area contributed by atoms with Crippen molar-refractivity contribution in [2.24, 2.45) is 0 Å². The van der Waals surface area contributed by atoms with Gasteiger partial charge in [-0.25, -0.2) is 13.1 Å². The lowest BCUT2D eigenvalue weighted by molar-refractivity contribution is -0.118. The molecular formula is C25H24N2O4S. The van der Waals surface area contributed by atoms with Gasteiger partial charge in [0.05, 0.1) is 23.5 Å². The lowest BCUT2D eigenvalue weighted by Crippen LogP contribution is -2.28. The third kappa shape index (κ3) is 3.72. The summed E-state index contributed by atoms with van der Waals surface area (Å²) in [5.41, 5.74) is 5.44. The van der Waals surface area contributed by atoms with Crippen LogP contribution in [0.2, 0.25) is 0 Å². The summed E-state index contributed by atoms with van der Waals surface area (Å²) in [4.78, 5) is 13.4. The fourth-order valence-electron chi connectivity index (χ4n) is 4.21. The maximum atomic E-state index is 13.2. The number of hydrogen-bond acceptors (Lipinski definition) is 4. The van der Waals surface area contributed by atoms with Crippen LogP contribution in [0.1, 0.15) is 29.5 Å². The van der Waals surface area contributed by atoms with Gasteiger partial charge >= 0.3 is 0 Å². The van der Waals surface area contributed by atoms with Crippen molar-refractivity contribution < 1.29 is 17.9 Å². The average molecular weight is 449 g/mol. The molecule has 1 fully saturated rings. The number of carbonyl (C=O) groups is 1. The van der Waals surface area contributed by atoms with Gasteiger partial charge in [-0.15, -0.1) is 0 Å². The molecule has 0 bridgehead atoms. The summed E-state index contributed by atoms with van der Waals surface area (Å²) in [7, 11) is -2.09. The molecule has 0 saturated heterocycles. The van der Waals surface area contributed by atoms with E-state index in [9.17, 15) is 13.2 Å². The number of benzene rings is 3. The number of nitrogens with one attached hydrogen (secondary N) is 2. The van der Waals surface area contributed by atoms with Gasteiger partial charge in [-0.1, -0.05) is 42.5 Å². The van der Waals surface area contributed by atoms with Gasteiger partial charge in [0.1, 0.15) is 0 Å². The highest BCUT2D eigenvalue weighted by molar-refractivity contribution is 7.89. The van der Waals surface area contributed by atoms with E-state index in [2.05, 4.69) is 28.2 Å². The van der Waals surface area contributed by atoms with Gasteiger partial charge in [-0.05, 0) is 72.0 Å². The number of sulfonamides is 1. The minimum atomic E-state index is -3.48. The zero-order valence-corrected chi connectivity index (χ0v) is 18.5. The first kappa shape index (κ1) is 20.9. The normalized spacial score (nSPS) is 16.4. The Hall–Kier alpha value is -3.00. The van der Waals surface area contributed by atoms with E-state index < -0.39 is 15.4 Å². The number of amides is 1. The molecule has 0 radical (unpaired) electrons. The Kier molecular flexibility index (Phi) is 5.12. The van der Waals surface area contributed by atoms with Crippen molar-refractivity contribution in [1.29, 1.82) is 0 Å². The molecule has 2 N–H and O–H groups in total. The fraction of sp³-hybridized carbons (Fsp3) is 0.240. The van der Waals surface area contributed by atoms with Crippen molar-refractivity contribution in [3.63, 3.8) is 0 Å². The van der Waals surface area contributed by atoms with Gasteiger partial charge in [0.15, 0.2) is 0 Å². The molecule has 1 aliphatic heterocycles. The topological polar surface area (TPSA) is 84.5 Å². The van der Waals surface area contributed by atoms with E-state index in [0.717, 1.165) is 35.2 Å². The highest BCUT2D eigenvalue weighted by Crippen LogP contribution is 2.49. The molecule has 164 valence electrons. The van der Waals surface area contributed by atoms with E-state index in [1.165, 1.54) is 18.2 Å². The summed E-state index contributed by atoms with van der Waals surface area (Å²) < 4.78 is 31.7. The Morgan fingerprint density at radius 2 is 1.66 bits per heavy atom. The van der Waals surface area contributed by atoms with E-state index in [1.54, 1.807) is 24.3 Å². The van der Waals surface area contributed by atoms with Crippen molar-refractivity contribution in [3.05, 3.63) is 83.4 Å². The van der Waals surface area contributed by atoms with Gasteiger partial charge < -0.3 is 10.1 Å². The highest BCUT2D eigenvalue weighted by atomic mass is 32.2. The quantitative estimate of drug-likeness (QED) is 0.598. The van der Waals surface area contributed by atoms with E-state index in [0.29, 0.717) is 13.2 Å². The second-order valence-electron chi connectivity index (χ2n) is 8.33. The molecule has 3 aromatic rings. The first-order chi connectivity index (χ1) is 15.4. The van der Waals surface area contributed by atoms with E-state index in [4.69, 9.17) is 4.74 Å². The van der Waals surface area contributed by atoms with Crippen LogP contribution in [0.25, 0.3) is 11.1 Å². The molecular weight excluding hydrogens is 424 g/mol. The summed E-state index contributed by atoms with van der Waals surface area (Å²) >= 11 is 0. The van der Waals surface area contributed by atoms with E-state index in [1.807, 2.05) is 24.3 Å². The molecule has 1 saturated carbocycles. The Labute approximate surface area is 187 Å². The molecule has 5 rings (SSSR count). The van der Waals surface area contributed by atoms with Crippen molar-refractivity contribution >= 4 is 21.6 Å². The van der Waals surface area contributed by atoms with Crippen LogP contribution < -0.4 is 10.0 Å². The SMILES string of the molecule is CNS(=O)(=O)c1ccc(-c2cccc(NC(=O)C3(c4ccc5c(c4)COC5)CC3)c2)cc1. The van der Waals surface area contributed by atoms with Crippen LogP contribution in [0, 0.1) is 0 Å². The second kappa shape index (κ2) is 7.85. The van der Waals surface area contributed by atoms with Gasteiger partial charge in [-0.3, -0.25) is 4.79 Å². The van der Waals surface area contributed by atoms with Gasteiger partial charge in [0.25, 0.3) is 0 Å². The number of fused-ring (bicyclic) bond motifs is 1. The zero-order valence-electron chi connectivity index (χ0n) is 17.7. The molecule has 0 atom stereocenters. The Bertz CT molecular complexity index is 1300. The maximum Gasteiger partial charge on any atom is 0.240 e. The van der Waals surface area contributed by atoms with Crippen molar-refractivity contribution in [3.8, 4) is 11.1 Å². The predicted molar refractivity (Wildman–Crippen MR) is 123 cm³/mol. The molecule has 3 aromatic carbocycles. The largest absolute Gasteiger partial charge is 0.372 e. The summed E-state index contributed by atoms with van der Waals surface area (Å²) in [5.74, 6) is 0.00368. The summed E-state index contributed by atoms with van der Waals surface area (Å²) in [6.07, 6.45) is 1.67. The Morgan fingerprint density at radius 3 is 2.38 bits per heavy atom. The van der Waals surface area contributed by atoms with Crippen LogP contribution in [0.15, 0.2) is 71.6 Å². The smallest absolute Gasteiger partial charge is 0.240 e. The number of carbonyl (C=O) groups excluding carboxylic acids is 1. The number of hydrogen-bond donors (Lipinski definition) is 2. The van der Waals surface area contributed by atoms with Crippen LogP contribution in [0.4, 0.5) is 5.69 Å². The van der Waals surface area contributed by atoms with Crippen molar-refractivity contribution in [2.75, 3.05) is 12.4 Å². The van der Waals surface area contributed by atoms with Crippen molar-refractivity contribution in [2.45, 2.75) is 36.4 Å². The molecule has 1 aliphatic carbocycles. The van der Waals surface area contributed by atoms with Crippen molar-refractivity contribution in [1.82, 2.24) is 4.72 Å². The zero-order chi connectivity index (χ0) is 22.3. The lowest BCUT2D eigenvalue weighted by atomic mass is 9.92. The second-order valence-corrected chi connectivity index (χ2v) is 10.2. The Morgan fingerprint density at radius 1 is 0.906 bits per heavy atom. The van der Waals surface area contributed by atoms with Gasteiger partial charge in [0.2, 0.25) is 15.9 Å². The van der Waals surface area contributed by atoms with Gasteiger partial charge in [-0.2, -0.15) is 0 Å². The molecule has 32 heavy (non-hydrogen) atoms. The predicted octanol–water partition coefficient (Wildman–Crippen LogP) is 3.96. The highest BCUT2D eigenvalue weighted by Gasteiger charge is 2.51. The van der Waals surface area contributed by atoms with Crippen LogP contribution in [-0.2, 0) is 38.2 Å². The van der Waals surface area contributed by atoms with Crippen LogP contribution in [-0.4, -0.2) is 21.4 Å². The molecule has 7 heteroatoms. The summed E-state index contributed by atoms with van der Waals surface area (Å²) in [6.45, 7) is 1.25. The van der Waals surface area contributed by atoms with E-state index >= 15 is 0 Å². The number of rotatable bonds is 6. The molecule has 0 spiro atoms. The molecule has 0 unspecified atom stereocenters. The minimum Gasteiger partial charge on any atom is -0.372 e. The minimum absolute atomic E-state index is 0.00368. The molecule has 0 aromatic heterocycles. The van der Waals surface area contributed by atoms with Crippen LogP contribution in [0.3, 0.4) is 0 Å². The lowest BCUT2D eigenvalue weighted by Gasteiger charge is -2.17. The number of anilines is 1. The number of ether oxygens (including phenoxy) is 1. The average Bonchev–Trinajstić information content (AvgIpc) is 3.50. The van der Waals surface area contributed by atoms with E-state index in [-0.39, 0.29) is 10.8 Å². The fourth-order valence-corrected chi connectivity index (χ4v) is 4.94. The summed E-state index contributed by atoms with van der Waals surface area (Å²) in [5, 5.41) is 3.09. The maximum absolute atomic E-state index is 13.2.